The lowest BCUT2D eigenvalue weighted by Crippen LogP contribution is -2.23. The Kier molecular flexibility index (Phi) is 3.70. The first-order valence-electron chi connectivity index (χ1n) is 6.23. The molecule has 0 unspecified atom stereocenters. The first-order valence-corrected chi connectivity index (χ1v) is 6.23. The quantitative estimate of drug-likeness (QED) is 0.840. The average Bonchev–Trinajstić information content (AvgIpc) is 2.33. The van der Waals surface area contributed by atoms with Crippen LogP contribution in [-0.4, -0.2) is 11.2 Å². The highest BCUT2D eigenvalue weighted by Gasteiger charge is 2.20. The molecule has 0 bridgehead atoms. The SMILES string of the molecule is CCC1CCC(Oc2ccc(O)cc2)CC1. The van der Waals surface area contributed by atoms with Crippen LogP contribution in [0, 0.1) is 5.92 Å². The van der Waals surface area contributed by atoms with Gasteiger partial charge in [-0.1, -0.05) is 13.3 Å². The van der Waals surface area contributed by atoms with E-state index in [1.165, 1.54) is 32.1 Å². The summed E-state index contributed by atoms with van der Waals surface area (Å²) in [4.78, 5) is 0. The van der Waals surface area contributed by atoms with Gasteiger partial charge in [0.05, 0.1) is 6.10 Å². The number of benzene rings is 1. The van der Waals surface area contributed by atoms with Crippen molar-refractivity contribution in [3.05, 3.63) is 24.3 Å². The van der Waals surface area contributed by atoms with Crippen molar-refractivity contribution in [3.63, 3.8) is 0 Å². The summed E-state index contributed by atoms with van der Waals surface area (Å²) >= 11 is 0. The topological polar surface area (TPSA) is 29.5 Å². The molecule has 0 aliphatic heterocycles. The van der Waals surface area contributed by atoms with Crippen LogP contribution in [0.5, 0.6) is 11.5 Å². The standard InChI is InChI=1S/C14H20O2/c1-2-11-3-7-13(8-4-11)16-14-9-5-12(15)6-10-14/h5-6,9-11,13,15H,2-4,7-8H2,1H3. The highest BCUT2D eigenvalue weighted by atomic mass is 16.5. The number of ether oxygens (including phenoxy) is 1. The summed E-state index contributed by atoms with van der Waals surface area (Å²) in [5.74, 6) is 2.07. The maximum Gasteiger partial charge on any atom is 0.119 e. The Morgan fingerprint density at radius 2 is 1.75 bits per heavy atom. The molecular weight excluding hydrogens is 200 g/mol. The highest BCUT2D eigenvalue weighted by Crippen LogP contribution is 2.29. The van der Waals surface area contributed by atoms with Gasteiger partial charge in [-0.2, -0.15) is 0 Å². The fourth-order valence-electron chi connectivity index (χ4n) is 2.38. The van der Waals surface area contributed by atoms with Gasteiger partial charge in [-0.15, -0.1) is 0 Å². The normalized spacial score (nSPS) is 25.3. The molecule has 1 aliphatic rings. The Morgan fingerprint density at radius 1 is 1.12 bits per heavy atom. The first-order chi connectivity index (χ1) is 7.78. The number of hydrogen-bond donors (Lipinski definition) is 1. The molecule has 1 N–H and O–H groups in total. The molecule has 2 rings (SSSR count). The van der Waals surface area contributed by atoms with Gasteiger partial charge in [0.25, 0.3) is 0 Å². The number of phenolic OH excluding ortho intramolecular Hbond substituents is 1. The number of aromatic hydroxyl groups is 1. The summed E-state index contributed by atoms with van der Waals surface area (Å²) in [5, 5.41) is 9.17. The Hall–Kier alpha value is -1.18. The highest BCUT2D eigenvalue weighted by molar-refractivity contribution is 5.30. The van der Waals surface area contributed by atoms with E-state index in [-0.39, 0.29) is 0 Å². The van der Waals surface area contributed by atoms with Gasteiger partial charge in [0, 0.05) is 0 Å². The van der Waals surface area contributed by atoms with Crippen LogP contribution in [0.15, 0.2) is 24.3 Å². The molecule has 0 spiro atoms. The largest absolute Gasteiger partial charge is 0.508 e. The number of hydrogen-bond acceptors (Lipinski definition) is 2. The van der Waals surface area contributed by atoms with Crippen molar-refractivity contribution in [1.29, 1.82) is 0 Å². The van der Waals surface area contributed by atoms with Gasteiger partial charge in [-0.25, -0.2) is 0 Å². The van der Waals surface area contributed by atoms with E-state index in [0.29, 0.717) is 11.9 Å². The van der Waals surface area contributed by atoms with Crippen LogP contribution < -0.4 is 4.74 Å². The summed E-state index contributed by atoms with van der Waals surface area (Å²) in [6.45, 7) is 2.27. The van der Waals surface area contributed by atoms with Crippen LogP contribution >= 0.6 is 0 Å². The minimum atomic E-state index is 0.294. The Morgan fingerprint density at radius 3 is 2.31 bits per heavy atom. The van der Waals surface area contributed by atoms with Gasteiger partial charge < -0.3 is 9.84 Å². The molecule has 0 amide bonds. The maximum atomic E-state index is 9.17. The number of rotatable bonds is 3. The summed E-state index contributed by atoms with van der Waals surface area (Å²) in [5.41, 5.74) is 0. The van der Waals surface area contributed by atoms with E-state index < -0.39 is 0 Å². The molecule has 1 fully saturated rings. The average molecular weight is 220 g/mol. The minimum absolute atomic E-state index is 0.294. The molecule has 1 saturated carbocycles. The molecule has 0 heterocycles. The summed E-state index contributed by atoms with van der Waals surface area (Å²) in [6, 6.07) is 7.02. The number of phenols is 1. The molecule has 0 radical (unpaired) electrons. The van der Waals surface area contributed by atoms with Gasteiger partial charge in [0.15, 0.2) is 0 Å². The van der Waals surface area contributed by atoms with E-state index in [0.717, 1.165) is 11.7 Å². The second kappa shape index (κ2) is 5.24. The van der Waals surface area contributed by atoms with E-state index in [4.69, 9.17) is 4.74 Å². The van der Waals surface area contributed by atoms with Crippen LogP contribution in [0.2, 0.25) is 0 Å². The smallest absolute Gasteiger partial charge is 0.119 e. The second-order valence-corrected chi connectivity index (χ2v) is 4.66. The third-order valence-electron chi connectivity index (χ3n) is 3.51. The predicted octanol–water partition coefficient (Wildman–Crippen LogP) is 3.74. The molecule has 0 aromatic heterocycles. The van der Waals surface area contributed by atoms with Crippen LogP contribution in [0.1, 0.15) is 39.0 Å². The molecule has 0 atom stereocenters. The van der Waals surface area contributed by atoms with Crippen molar-refractivity contribution in [3.8, 4) is 11.5 Å². The van der Waals surface area contributed by atoms with Gasteiger partial charge in [-0.05, 0) is 55.9 Å². The van der Waals surface area contributed by atoms with Crippen molar-refractivity contribution < 1.29 is 9.84 Å². The molecular formula is C14H20O2. The van der Waals surface area contributed by atoms with E-state index in [1.807, 2.05) is 12.1 Å². The van der Waals surface area contributed by atoms with Gasteiger partial charge in [0.2, 0.25) is 0 Å². The molecule has 88 valence electrons. The van der Waals surface area contributed by atoms with Gasteiger partial charge >= 0.3 is 0 Å². The molecule has 16 heavy (non-hydrogen) atoms. The lowest BCUT2D eigenvalue weighted by Gasteiger charge is -2.28. The molecule has 2 heteroatoms. The van der Waals surface area contributed by atoms with E-state index in [2.05, 4.69) is 6.92 Å². The van der Waals surface area contributed by atoms with Crippen LogP contribution in [0.3, 0.4) is 0 Å². The monoisotopic (exact) mass is 220 g/mol. The fourth-order valence-corrected chi connectivity index (χ4v) is 2.38. The molecule has 1 aliphatic carbocycles. The Bertz CT molecular complexity index is 310. The fraction of sp³-hybridized carbons (Fsp3) is 0.571. The van der Waals surface area contributed by atoms with Crippen molar-refractivity contribution >= 4 is 0 Å². The molecule has 2 nitrogen and oxygen atoms in total. The second-order valence-electron chi connectivity index (χ2n) is 4.66. The lowest BCUT2D eigenvalue weighted by molar-refractivity contribution is 0.130. The minimum Gasteiger partial charge on any atom is -0.508 e. The molecule has 1 aromatic carbocycles. The Labute approximate surface area is 97.3 Å². The van der Waals surface area contributed by atoms with Crippen LogP contribution in [-0.2, 0) is 0 Å². The van der Waals surface area contributed by atoms with E-state index in [1.54, 1.807) is 12.1 Å². The summed E-state index contributed by atoms with van der Waals surface area (Å²) < 4.78 is 5.89. The van der Waals surface area contributed by atoms with Crippen LogP contribution in [0.4, 0.5) is 0 Å². The predicted molar refractivity (Wildman–Crippen MR) is 64.8 cm³/mol. The van der Waals surface area contributed by atoms with Crippen molar-refractivity contribution in [2.45, 2.75) is 45.1 Å². The maximum absolute atomic E-state index is 9.17. The van der Waals surface area contributed by atoms with Crippen molar-refractivity contribution in [2.24, 2.45) is 5.92 Å². The Balaban J connectivity index is 1.84. The third-order valence-corrected chi connectivity index (χ3v) is 3.51. The van der Waals surface area contributed by atoms with Crippen molar-refractivity contribution in [2.75, 3.05) is 0 Å². The lowest BCUT2D eigenvalue weighted by atomic mass is 9.86. The molecule has 1 aromatic rings. The van der Waals surface area contributed by atoms with E-state index in [9.17, 15) is 5.11 Å². The summed E-state index contributed by atoms with van der Waals surface area (Å²) in [7, 11) is 0. The van der Waals surface area contributed by atoms with Gasteiger partial charge in [-0.3, -0.25) is 0 Å². The van der Waals surface area contributed by atoms with E-state index >= 15 is 0 Å². The zero-order valence-electron chi connectivity index (χ0n) is 9.86. The van der Waals surface area contributed by atoms with Crippen LogP contribution in [0.25, 0.3) is 0 Å². The third kappa shape index (κ3) is 2.91. The zero-order chi connectivity index (χ0) is 11.4. The summed E-state index contributed by atoms with van der Waals surface area (Å²) in [6.07, 6.45) is 6.58. The first kappa shape index (κ1) is 11.3. The zero-order valence-corrected chi connectivity index (χ0v) is 9.86. The van der Waals surface area contributed by atoms with Gasteiger partial charge in [0.1, 0.15) is 11.5 Å². The van der Waals surface area contributed by atoms with Crippen molar-refractivity contribution in [1.82, 2.24) is 0 Å². The molecule has 0 saturated heterocycles.